The van der Waals surface area contributed by atoms with Gasteiger partial charge in [-0.3, -0.25) is 14.3 Å². The zero-order chi connectivity index (χ0) is 26.3. The number of alkyl halides is 3. The number of nitrogens with two attached hydrogens (primary N) is 1. The van der Waals surface area contributed by atoms with E-state index in [1.54, 1.807) is 15.7 Å². The van der Waals surface area contributed by atoms with Crippen LogP contribution in [0.25, 0.3) is 11.2 Å². The summed E-state index contributed by atoms with van der Waals surface area (Å²) in [4.78, 5) is 36.7. The number of carbonyl (C=O) groups is 1. The van der Waals surface area contributed by atoms with Crippen LogP contribution >= 0.6 is 0 Å². The molecule has 0 aliphatic carbocycles. The van der Waals surface area contributed by atoms with Gasteiger partial charge >= 0.3 is 12.1 Å². The molecule has 4 heterocycles. The summed E-state index contributed by atoms with van der Waals surface area (Å²) in [6, 6.07) is 4.92. The number of fused-ring (bicyclic) bond motifs is 1. The summed E-state index contributed by atoms with van der Waals surface area (Å²) in [6.45, 7) is 2.48. The number of halogens is 3. The summed E-state index contributed by atoms with van der Waals surface area (Å²) in [6.07, 6.45) is -1.24. The molecule has 1 aromatic carbocycles. The highest BCUT2D eigenvalue weighted by molar-refractivity contribution is 5.99. The Hall–Kier alpha value is -3.74. The zero-order valence-corrected chi connectivity index (χ0v) is 20.1. The van der Waals surface area contributed by atoms with Gasteiger partial charge in [0, 0.05) is 50.0 Å². The van der Waals surface area contributed by atoms with Crippen LogP contribution in [-0.4, -0.2) is 75.9 Å². The molecule has 1 unspecified atom stereocenters. The number of aromatic amines is 1. The quantitative estimate of drug-likeness (QED) is 0.497. The molecular formula is C24H27F3N6O4. The summed E-state index contributed by atoms with van der Waals surface area (Å²) in [5, 5.41) is 0. The monoisotopic (exact) mass is 520 g/mol. The number of hydrogen-bond acceptors (Lipinski definition) is 7. The molecule has 0 saturated carbocycles. The average molecular weight is 521 g/mol. The molecule has 0 spiro atoms. The molecule has 0 radical (unpaired) electrons. The van der Waals surface area contributed by atoms with E-state index in [0.717, 1.165) is 31.6 Å². The second-order valence-electron chi connectivity index (χ2n) is 9.45. The molecule has 2 aliphatic rings. The topological polar surface area (TPSA) is 119 Å². The Bertz CT molecular complexity index is 1360. The van der Waals surface area contributed by atoms with Crippen molar-refractivity contribution < 1.29 is 27.4 Å². The first-order chi connectivity index (χ1) is 17.6. The van der Waals surface area contributed by atoms with E-state index < -0.39 is 12.1 Å². The normalized spacial score (nSPS) is 19.5. The van der Waals surface area contributed by atoms with Crippen LogP contribution in [-0.2, 0) is 0 Å². The summed E-state index contributed by atoms with van der Waals surface area (Å²) in [5.74, 6) is -0.280. The van der Waals surface area contributed by atoms with Gasteiger partial charge in [-0.2, -0.15) is 0 Å². The number of anilines is 1. The maximum atomic E-state index is 13.0. The standard InChI is InChI=1S/C24H27F3N6O4/c1-31-7-6-16(13-31)36-17-11-20-21(29-12-17)30-23(35)33(20)14-4-8-32(9-5-14)22(34)18-3-2-15(10-19(18)28)37-24(25,26)27/h2-3,10-12,14,16H,4-9,13,28H2,1H3,(H,29,30,35). The Balaban J connectivity index is 1.28. The Morgan fingerprint density at radius 2 is 1.89 bits per heavy atom. The van der Waals surface area contributed by atoms with Crippen molar-refractivity contribution in [2.24, 2.45) is 0 Å². The van der Waals surface area contributed by atoms with Crippen molar-refractivity contribution >= 4 is 22.8 Å². The van der Waals surface area contributed by atoms with Crippen molar-refractivity contribution in [2.75, 3.05) is 39.0 Å². The van der Waals surface area contributed by atoms with Crippen LogP contribution in [0.5, 0.6) is 11.5 Å². The number of hydrogen-bond donors (Lipinski definition) is 2. The fourth-order valence-electron chi connectivity index (χ4n) is 5.03. The minimum absolute atomic E-state index is 0.0686. The molecule has 13 heteroatoms. The number of nitrogen functional groups attached to an aromatic ring is 1. The lowest BCUT2D eigenvalue weighted by Crippen LogP contribution is -2.40. The highest BCUT2D eigenvalue weighted by Crippen LogP contribution is 2.30. The third kappa shape index (κ3) is 5.36. The van der Waals surface area contributed by atoms with Crippen LogP contribution in [0.2, 0.25) is 0 Å². The molecular weight excluding hydrogens is 493 g/mol. The first-order valence-corrected chi connectivity index (χ1v) is 12.0. The van der Waals surface area contributed by atoms with Crippen LogP contribution in [0.15, 0.2) is 35.3 Å². The first kappa shape index (κ1) is 24.9. The van der Waals surface area contributed by atoms with E-state index in [1.807, 2.05) is 13.1 Å². The van der Waals surface area contributed by atoms with Crippen molar-refractivity contribution in [1.29, 1.82) is 0 Å². The Kier molecular flexibility index (Phi) is 6.48. The van der Waals surface area contributed by atoms with E-state index in [1.165, 1.54) is 6.07 Å². The highest BCUT2D eigenvalue weighted by atomic mass is 19.4. The van der Waals surface area contributed by atoms with Gasteiger partial charge in [0.25, 0.3) is 5.91 Å². The lowest BCUT2D eigenvalue weighted by atomic mass is 10.0. The predicted octanol–water partition coefficient (Wildman–Crippen LogP) is 2.77. The number of nitrogens with zero attached hydrogens (tertiary/aromatic N) is 4. The molecule has 10 nitrogen and oxygen atoms in total. The molecule has 2 aromatic heterocycles. The highest BCUT2D eigenvalue weighted by Gasteiger charge is 2.32. The van der Waals surface area contributed by atoms with Gasteiger partial charge in [0.05, 0.1) is 17.3 Å². The number of nitrogens with one attached hydrogen (secondary N) is 1. The molecule has 1 atom stereocenters. The Labute approximate surface area is 209 Å². The smallest absolute Gasteiger partial charge is 0.487 e. The van der Waals surface area contributed by atoms with Crippen molar-refractivity contribution in [3.63, 3.8) is 0 Å². The third-order valence-electron chi connectivity index (χ3n) is 6.80. The number of likely N-dealkylation sites (tertiary alicyclic amines) is 2. The lowest BCUT2D eigenvalue weighted by molar-refractivity contribution is -0.274. The van der Waals surface area contributed by atoms with E-state index in [0.29, 0.717) is 42.8 Å². The molecule has 1 amide bonds. The van der Waals surface area contributed by atoms with Crippen LogP contribution in [0.1, 0.15) is 35.7 Å². The number of piperidine rings is 1. The summed E-state index contributed by atoms with van der Waals surface area (Å²) in [7, 11) is 2.04. The van der Waals surface area contributed by atoms with Gasteiger partial charge in [0.15, 0.2) is 5.65 Å². The number of rotatable bonds is 5. The molecule has 37 heavy (non-hydrogen) atoms. The van der Waals surface area contributed by atoms with E-state index in [-0.39, 0.29) is 35.0 Å². The van der Waals surface area contributed by atoms with E-state index in [2.05, 4.69) is 19.6 Å². The number of H-pyrrole nitrogens is 1. The average Bonchev–Trinajstić information content (AvgIpc) is 3.39. The minimum atomic E-state index is -4.85. The molecule has 198 valence electrons. The van der Waals surface area contributed by atoms with Gasteiger partial charge < -0.3 is 25.0 Å². The van der Waals surface area contributed by atoms with Crippen LogP contribution in [0, 0.1) is 0 Å². The number of benzene rings is 1. The second kappa shape index (κ2) is 9.61. The molecule has 0 bridgehead atoms. The second-order valence-corrected chi connectivity index (χ2v) is 9.45. The molecule has 2 fully saturated rings. The molecule has 2 saturated heterocycles. The lowest BCUT2D eigenvalue weighted by Gasteiger charge is -2.32. The van der Waals surface area contributed by atoms with E-state index >= 15 is 0 Å². The van der Waals surface area contributed by atoms with Gasteiger partial charge in [0.1, 0.15) is 17.6 Å². The van der Waals surface area contributed by atoms with Crippen LogP contribution in [0.3, 0.4) is 0 Å². The third-order valence-corrected chi connectivity index (χ3v) is 6.80. The van der Waals surface area contributed by atoms with Crippen LogP contribution < -0.4 is 20.9 Å². The molecule has 3 aromatic rings. The number of amides is 1. The minimum Gasteiger partial charge on any atom is -0.487 e. The Morgan fingerprint density at radius 3 is 2.54 bits per heavy atom. The number of ether oxygens (including phenoxy) is 2. The predicted molar refractivity (Wildman–Crippen MR) is 129 cm³/mol. The maximum absolute atomic E-state index is 13.0. The number of imidazole rings is 1. The van der Waals surface area contributed by atoms with Gasteiger partial charge in [-0.15, -0.1) is 13.2 Å². The fraction of sp³-hybridized carbons (Fsp3) is 0.458. The van der Waals surface area contributed by atoms with Crippen molar-refractivity contribution in [3.05, 3.63) is 46.5 Å². The maximum Gasteiger partial charge on any atom is 0.573 e. The van der Waals surface area contributed by atoms with E-state index in [4.69, 9.17) is 10.5 Å². The van der Waals surface area contributed by atoms with Gasteiger partial charge in [-0.05, 0) is 38.4 Å². The largest absolute Gasteiger partial charge is 0.573 e. The summed E-state index contributed by atoms with van der Waals surface area (Å²) >= 11 is 0. The van der Waals surface area contributed by atoms with Gasteiger partial charge in [-0.25, -0.2) is 9.78 Å². The van der Waals surface area contributed by atoms with Crippen LogP contribution in [0.4, 0.5) is 18.9 Å². The fourth-order valence-corrected chi connectivity index (χ4v) is 5.03. The van der Waals surface area contributed by atoms with Gasteiger partial charge in [0.2, 0.25) is 0 Å². The van der Waals surface area contributed by atoms with Crippen molar-refractivity contribution in [2.45, 2.75) is 37.8 Å². The number of pyridine rings is 1. The SMILES string of the molecule is CN1CCC(Oc2cnc3[nH]c(=O)n(C4CCN(C(=O)c5ccc(OC(F)(F)F)cc5N)CC4)c3c2)C1. The number of aromatic nitrogens is 3. The summed E-state index contributed by atoms with van der Waals surface area (Å²) in [5.41, 5.74) is 6.67. The molecule has 5 rings (SSSR count). The number of likely N-dealkylation sites (N-methyl/N-ethyl adjacent to an activating group) is 1. The van der Waals surface area contributed by atoms with E-state index in [9.17, 15) is 22.8 Å². The zero-order valence-electron chi connectivity index (χ0n) is 20.1. The van der Waals surface area contributed by atoms with Crippen molar-refractivity contribution in [1.82, 2.24) is 24.3 Å². The number of carbonyl (C=O) groups excluding carboxylic acids is 1. The van der Waals surface area contributed by atoms with Gasteiger partial charge in [-0.1, -0.05) is 0 Å². The first-order valence-electron chi connectivity index (χ1n) is 12.0. The molecule has 3 N–H and O–H groups in total. The Morgan fingerprint density at radius 1 is 1.14 bits per heavy atom. The molecule has 2 aliphatic heterocycles. The van der Waals surface area contributed by atoms with Crippen molar-refractivity contribution in [3.8, 4) is 11.5 Å². The summed E-state index contributed by atoms with van der Waals surface area (Å²) < 4.78 is 49.0.